The Hall–Kier alpha value is -1.70. The lowest BCUT2D eigenvalue weighted by molar-refractivity contribution is 0.0702. The molecule has 0 aliphatic carbocycles. The van der Waals surface area contributed by atoms with Crippen molar-refractivity contribution in [3.05, 3.63) is 52.4 Å². The Kier molecular flexibility index (Phi) is 4.46. The van der Waals surface area contributed by atoms with Crippen molar-refractivity contribution < 1.29 is 18.3 Å². The third-order valence-corrected chi connectivity index (χ3v) is 6.07. The van der Waals surface area contributed by atoms with Crippen LogP contribution in [0.1, 0.15) is 33.8 Å². The number of sulfonamides is 1. The number of benzene rings is 1. The highest BCUT2D eigenvalue weighted by atomic mass is 32.2. The van der Waals surface area contributed by atoms with E-state index >= 15 is 0 Å². The predicted octanol–water partition coefficient (Wildman–Crippen LogP) is 2.79. The van der Waals surface area contributed by atoms with Crippen LogP contribution in [0.3, 0.4) is 0 Å². The Labute approximate surface area is 127 Å². The molecule has 21 heavy (non-hydrogen) atoms. The molecule has 0 aliphatic rings. The lowest BCUT2D eigenvalue weighted by atomic mass is 10.1. The minimum absolute atomic E-state index is 0.00105. The molecule has 1 heterocycles. The maximum absolute atomic E-state index is 12.2. The zero-order valence-electron chi connectivity index (χ0n) is 11.5. The Balaban J connectivity index is 2.20. The van der Waals surface area contributed by atoms with E-state index in [1.165, 1.54) is 12.1 Å². The number of aryl methyl sites for hydroxylation is 1. The van der Waals surface area contributed by atoms with E-state index in [9.17, 15) is 13.2 Å². The first-order valence-electron chi connectivity index (χ1n) is 6.21. The van der Waals surface area contributed by atoms with Gasteiger partial charge < -0.3 is 5.11 Å². The molecule has 0 bridgehead atoms. The summed E-state index contributed by atoms with van der Waals surface area (Å²) in [7, 11) is -3.73. The fraction of sp³-hybridized carbons (Fsp3) is 0.214. The number of carbonyl (C=O) groups is 1. The minimum Gasteiger partial charge on any atom is -0.477 e. The maximum atomic E-state index is 12.2. The molecule has 1 aromatic carbocycles. The van der Waals surface area contributed by atoms with Crippen molar-refractivity contribution in [1.29, 1.82) is 0 Å². The van der Waals surface area contributed by atoms with Gasteiger partial charge in [0.15, 0.2) is 0 Å². The second-order valence-corrected chi connectivity index (χ2v) is 7.70. The van der Waals surface area contributed by atoms with Gasteiger partial charge in [-0.25, -0.2) is 17.9 Å². The maximum Gasteiger partial charge on any atom is 0.345 e. The van der Waals surface area contributed by atoms with Gasteiger partial charge in [0.1, 0.15) is 9.09 Å². The number of hydrogen-bond donors (Lipinski definition) is 2. The topological polar surface area (TPSA) is 83.5 Å². The predicted molar refractivity (Wildman–Crippen MR) is 81.2 cm³/mol. The van der Waals surface area contributed by atoms with Crippen LogP contribution in [0, 0.1) is 6.92 Å². The van der Waals surface area contributed by atoms with Crippen LogP contribution in [0.5, 0.6) is 0 Å². The molecule has 0 saturated heterocycles. The monoisotopic (exact) mass is 325 g/mol. The SMILES string of the molecule is Cc1ccc([C@H](C)NS(=O)(=O)c2ccc(C(=O)O)s2)cc1. The van der Waals surface area contributed by atoms with Gasteiger partial charge in [-0.05, 0) is 31.5 Å². The number of aromatic carboxylic acids is 1. The second kappa shape index (κ2) is 5.97. The lowest BCUT2D eigenvalue weighted by Crippen LogP contribution is -2.26. The van der Waals surface area contributed by atoms with E-state index in [0.717, 1.165) is 22.5 Å². The zero-order chi connectivity index (χ0) is 15.6. The van der Waals surface area contributed by atoms with Crippen LogP contribution >= 0.6 is 11.3 Å². The minimum atomic E-state index is -3.73. The standard InChI is InChI=1S/C14H15NO4S2/c1-9-3-5-11(6-4-9)10(2)15-21(18,19)13-8-7-12(20-13)14(16)17/h3-8,10,15H,1-2H3,(H,16,17)/t10-/m0/s1. The molecule has 0 unspecified atom stereocenters. The zero-order valence-corrected chi connectivity index (χ0v) is 13.2. The summed E-state index contributed by atoms with van der Waals surface area (Å²) >= 11 is 0.738. The smallest absolute Gasteiger partial charge is 0.345 e. The third-order valence-electron chi connectivity index (χ3n) is 2.97. The summed E-state index contributed by atoms with van der Waals surface area (Å²) in [5.74, 6) is -1.13. The Morgan fingerprint density at radius 3 is 2.33 bits per heavy atom. The highest BCUT2D eigenvalue weighted by Gasteiger charge is 2.21. The molecule has 112 valence electrons. The van der Waals surface area contributed by atoms with Gasteiger partial charge in [0, 0.05) is 6.04 Å². The number of nitrogens with one attached hydrogen (secondary N) is 1. The molecule has 2 aromatic rings. The number of hydrogen-bond acceptors (Lipinski definition) is 4. The molecule has 5 nitrogen and oxygen atoms in total. The molecular weight excluding hydrogens is 310 g/mol. The van der Waals surface area contributed by atoms with E-state index in [2.05, 4.69) is 4.72 Å². The van der Waals surface area contributed by atoms with Crippen molar-refractivity contribution >= 4 is 27.3 Å². The molecule has 2 N–H and O–H groups in total. The van der Waals surface area contributed by atoms with Crippen molar-refractivity contribution in [1.82, 2.24) is 4.72 Å². The first-order valence-corrected chi connectivity index (χ1v) is 8.51. The van der Waals surface area contributed by atoms with E-state index in [1.807, 2.05) is 31.2 Å². The third kappa shape index (κ3) is 3.69. The molecule has 1 atom stereocenters. The average molecular weight is 325 g/mol. The number of thiophene rings is 1. The van der Waals surface area contributed by atoms with E-state index in [1.54, 1.807) is 6.92 Å². The van der Waals surface area contributed by atoms with Crippen LogP contribution in [0.15, 0.2) is 40.6 Å². The number of rotatable bonds is 5. The summed E-state index contributed by atoms with van der Waals surface area (Å²) in [5.41, 5.74) is 1.94. The van der Waals surface area contributed by atoms with Crippen LogP contribution in [0.4, 0.5) is 0 Å². The average Bonchev–Trinajstić information content (AvgIpc) is 2.89. The molecule has 2 rings (SSSR count). The van der Waals surface area contributed by atoms with Gasteiger partial charge in [-0.15, -0.1) is 11.3 Å². The van der Waals surface area contributed by atoms with Crippen molar-refractivity contribution in [3.8, 4) is 0 Å². The van der Waals surface area contributed by atoms with E-state index < -0.39 is 22.0 Å². The number of carboxylic acid groups (broad SMARTS) is 1. The van der Waals surface area contributed by atoms with Gasteiger partial charge in [-0.2, -0.15) is 0 Å². The van der Waals surface area contributed by atoms with Crippen LogP contribution in [-0.2, 0) is 10.0 Å². The van der Waals surface area contributed by atoms with Crippen molar-refractivity contribution in [2.24, 2.45) is 0 Å². The summed E-state index contributed by atoms with van der Waals surface area (Å²) in [5, 5.41) is 8.84. The first-order chi connectivity index (χ1) is 9.79. The van der Waals surface area contributed by atoms with Gasteiger partial charge >= 0.3 is 5.97 Å². The lowest BCUT2D eigenvalue weighted by Gasteiger charge is -2.14. The van der Waals surface area contributed by atoms with E-state index in [0.29, 0.717) is 0 Å². The van der Waals surface area contributed by atoms with Gasteiger partial charge in [0.25, 0.3) is 10.0 Å². The van der Waals surface area contributed by atoms with Crippen molar-refractivity contribution in [2.75, 3.05) is 0 Å². The molecule has 0 amide bonds. The summed E-state index contributed by atoms with van der Waals surface area (Å²) in [6, 6.07) is 9.74. The quantitative estimate of drug-likeness (QED) is 0.885. The Bertz CT molecular complexity index is 748. The van der Waals surface area contributed by atoms with Gasteiger partial charge in [-0.1, -0.05) is 29.8 Å². The molecule has 0 saturated carbocycles. The summed E-state index contributed by atoms with van der Waals surface area (Å²) in [6.07, 6.45) is 0. The van der Waals surface area contributed by atoms with Crippen molar-refractivity contribution in [3.63, 3.8) is 0 Å². The van der Waals surface area contributed by atoms with Gasteiger partial charge in [-0.3, -0.25) is 0 Å². The van der Waals surface area contributed by atoms with Crippen LogP contribution < -0.4 is 4.72 Å². The summed E-state index contributed by atoms with van der Waals surface area (Å²) in [4.78, 5) is 10.8. The van der Waals surface area contributed by atoms with Crippen molar-refractivity contribution in [2.45, 2.75) is 24.1 Å². The molecule has 1 aromatic heterocycles. The van der Waals surface area contributed by atoms with Crippen LogP contribution in [-0.4, -0.2) is 19.5 Å². The molecule has 0 aliphatic heterocycles. The van der Waals surface area contributed by atoms with Crippen LogP contribution in [0.2, 0.25) is 0 Å². The summed E-state index contributed by atoms with van der Waals surface area (Å²) in [6.45, 7) is 3.70. The van der Waals surface area contributed by atoms with Gasteiger partial charge in [0.05, 0.1) is 0 Å². The van der Waals surface area contributed by atoms with E-state index in [4.69, 9.17) is 5.11 Å². The molecule has 0 fully saturated rings. The molecule has 7 heteroatoms. The fourth-order valence-corrected chi connectivity index (χ4v) is 4.19. The first kappa shape index (κ1) is 15.7. The number of carboxylic acids is 1. The fourth-order valence-electron chi connectivity index (χ4n) is 1.79. The molecule has 0 radical (unpaired) electrons. The highest BCUT2D eigenvalue weighted by Crippen LogP contribution is 2.24. The van der Waals surface area contributed by atoms with Crippen LogP contribution in [0.25, 0.3) is 0 Å². The summed E-state index contributed by atoms with van der Waals surface area (Å²) < 4.78 is 27.0. The largest absolute Gasteiger partial charge is 0.477 e. The Morgan fingerprint density at radius 2 is 1.81 bits per heavy atom. The molecule has 0 spiro atoms. The highest BCUT2D eigenvalue weighted by molar-refractivity contribution is 7.91. The van der Waals surface area contributed by atoms with Gasteiger partial charge in [0.2, 0.25) is 0 Å². The Morgan fingerprint density at radius 1 is 1.19 bits per heavy atom. The normalized spacial score (nSPS) is 13.0. The molecular formula is C14H15NO4S2. The van der Waals surface area contributed by atoms with E-state index in [-0.39, 0.29) is 9.09 Å². The second-order valence-electron chi connectivity index (χ2n) is 4.68.